The Morgan fingerprint density at radius 1 is 1.09 bits per heavy atom. The Kier molecular flexibility index (Phi) is 6.94. The number of carbonyl (C=O) groups is 1. The number of hydrogen-bond donors (Lipinski definition) is 1. The number of benzene rings is 1. The lowest BCUT2D eigenvalue weighted by atomic mass is 9.83. The average molecular weight is 339 g/mol. The topological polar surface area (TPSA) is 83.8 Å². The molecule has 6 heteroatoms. The van der Waals surface area contributed by atoms with Crippen LogP contribution >= 0.6 is 0 Å². The summed E-state index contributed by atoms with van der Waals surface area (Å²) in [6.45, 7) is 6.67. The van der Waals surface area contributed by atoms with Crippen molar-refractivity contribution in [1.82, 2.24) is 0 Å². The molecule has 0 aromatic heterocycles. The minimum absolute atomic E-state index is 0.293. The Morgan fingerprint density at radius 2 is 1.61 bits per heavy atom. The van der Waals surface area contributed by atoms with E-state index >= 15 is 0 Å². The van der Waals surface area contributed by atoms with Crippen molar-refractivity contribution in [2.45, 2.75) is 63.8 Å². The fraction of sp³-hybridized carbons (Fsp3) is 0.588. The summed E-state index contributed by atoms with van der Waals surface area (Å²) in [6, 6.07) is 10.6. The fourth-order valence-electron chi connectivity index (χ4n) is 2.56. The molecule has 1 aliphatic carbocycles. The van der Waals surface area contributed by atoms with Gasteiger partial charge in [-0.3, -0.25) is 0 Å². The Hall–Kier alpha value is -1.69. The Bertz CT molecular complexity index is 631. The van der Waals surface area contributed by atoms with E-state index in [9.17, 15) is 13.2 Å². The highest BCUT2D eigenvalue weighted by Crippen LogP contribution is 2.31. The van der Waals surface area contributed by atoms with E-state index < -0.39 is 22.0 Å². The summed E-state index contributed by atoms with van der Waals surface area (Å²) >= 11 is 0. The molecule has 1 N–H and O–H groups in total. The first-order valence-corrected chi connectivity index (χ1v) is 8.82. The van der Waals surface area contributed by atoms with Crippen molar-refractivity contribution in [2.75, 3.05) is 0 Å². The molecule has 1 aromatic carbocycles. The molecule has 1 aliphatic rings. The molecule has 5 nitrogen and oxygen atoms in total. The van der Waals surface area contributed by atoms with E-state index in [1.807, 2.05) is 0 Å². The van der Waals surface area contributed by atoms with Gasteiger partial charge in [0.2, 0.25) is 0 Å². The van der Waals surface area contributed by atoms with Crippen LogP contribution in [0.3, 0.4) is 0 Å². The normalized spacial score (nSPS) is 16.7. The van der Waals surface area contributed by atoms with Crippen LogP contribution in [0.15, 0.2) is 34.7 Å². The van der Waals surface area contributed by atoms with Crippen molar-refractivity contribution in [2.24, 2.45) is 4.36 Å². The Morgan fingerprint density at radius 3 is 1.96 bits per heavy atom. The first-order valence-electron chi connectivity index (χ1n) is 7.79. The number of carboxylic acid groups (broad SMARTS) is 1. The van der Waals surface area contributed by atoms with Gasteiger partial charge in [0.15, 0.2) is 5.54 Å². The quantitative estimate of drug-likeness (QED) is 0.887. The predicted molar refractivity (Wildman–Crippen MR) is 89.9 cm³/mol. The van der Waals surface area contributed by atoms with Gasteiger partial charge in [-0.05, 0) is 23.8 Å². The molecule has 2 rings (SSSR count). The average Bonchev–Trinajstić information content (AvgIpc) is 2.48. The van der Waals surface area contributed by atoms with E-state index in [2.05, 4.69) is 55.5 Å². The van der Waals surface area contributed by atoms with E-state index in [0.29, 0.717) is 18.3 Å². The second-order valence-corrected chi connectivity index (χ2v) is 7.44. The molecule has 0 aliphatic heterocycles. The fourth-order valence-corrected chi connectivity index (χ4v) is 3.11. The van der Waals surface area contributed by atoms with Crippen LogP contribution in [-0.4, -0.2) is 25.0 Å². The van der Waals surface area contributed by atoms with E-state index in [4.69, 9.17) is 5.11 Å². The third-order valence-corrected chi connectivity index (χ3v) is 4.47. The smallest absolute Gasteiger partial charge is 0.332 e. The summed E-state index contributed by atoms with van der Waals surface area (Å²) in [5.74, 6) is -1.13. The maximum atomic E-state index is 10.8. The van der Waals surface area contributed by atoms with Crippen molar-refractivity contribution in [3.63, 3.8) is 0 Å². The third kappa shape index (κ3) is 6.14. The molecule has 1 fully saturated rings. The molecular formula is C17H25NO4S. The van der Waals surface area contributed by atoms with Crippen molar-refractivity contribution >= 4 is 16.5 Å². The Balaban J connectivity index is 0.000000238. The summed E-state index contributed by atoms with van der Waals surface area (Å²) in [5.41, 5.74) is 0.321. The zero-order valence-electron chi connectivity index (χ0n) is 13.9. The van der Waals surface area contributed by atoms with Gasteiger partial charge in [0.05, 0.1) is 0 Å². The summed E-state index contributed by atoms with van der Waals surface area (Å²) in [4.78, 5) is 10.8. The van der Waals surface area contributed by atoms with E-state index in [1.165, 1.54) is 5.56 Å². The highest BCUT2D eigenvalue weighted by Gasteiger charge is 2.40. The maximum Gasteiger partial charge on any atom is 0.332 e. The Labute approximate surface area is 139 Å². The van der Waals surface area contributed by atoms with E-state index in [0.717, 1.165) is 19.3 Å². The second kappa shape index (κ2) is 8.24. The molecule has 128 valence electrons. The molecule has 0 spiro atoms. The van der Waals surface area contributed by atoms with Crippen LogP contribution in [0.25, 0.3) is 0 Å². The van der Waals surface area contributed by atoms with Gasteiger partial charge >= 0.3 is 16.5 Å². The molecule has 0 unspecified atom stereocenters. The number of rotatable bonds is 2. The third-order valence-electron chi connectivity index (χ3n) is 3.97. The standard InChI is InChI=1S/C10H14.C7H11NO4S/c1-10(2,3)9-7-5-4-6-8-9;9-6(10)7(8-13(11)12)4-2-1-3-5-7/h4-8H,1-3H3;1-5H2,(H,9,10). The van der Waals surface area contributed by atoms with E-state index in [-0.39, 0.29) is 0 Å². The van der Waals surface area contributed by atoms with Crippen LogP contribution in [-0.2, 0) is 20.7 Å². The van der Waals surface area contributed by atoms with Crippen molar-refractivity contribution in [3.8, 4) is 0 Å². The van der Waals surface area contributed by atoms with Gasteiger partial charge in [0, 0.05) is 0 Å². The van der Waals surface area contributed by atoms with Gasteiger partial charge < -0.3 is 5.11 Å². The molecule has 1 saturated carbocycles. The lowest BCUT2D eigenvalue weighted by Crippen LogP contribution is -2.38. The largest absolute Gasteiger partial charge is 0.479 e. The molecule has 0 heterocycles. The number of carboxylic acids is 1. The van der Waals surface area contributed by atoms with Gasteiger partial charge in [-0.15, -0.1) is 0 Å². The summed E-state index contributed by atoms with van der Waals surface area (Å²) < 4.78 is 24.0. The van der Waals surface area contributed by atoms with Crippen LogP contribution in [0.2, 0.25) is 0 Å². The molecular weight excluding hydrogens is 314 g/mol. The maximum absolute atomic E-state index is 10.8. The second-order valence-electron chi connectivity index (χ2n) is 6.82. The lowest BCUT2D eigenvalue weighted by Gasteiger charge is -2.26. The highest BCUT2D eigenvalue weighted by atomic mass is 32.2. The molecule has 0 atom stereocenters. The molecule has 0 radical (unpaired) electrons. The van der Waals surface area contributed by atoms with Gasteiger partial charge in [0.25, 0.3) is 0 Å². The van der Waals surface area contributed by atoms with Crippen LogP contribution in [0.1, 0.15) is 58.4 Å². The monoisotopic (exact) mass is 339 g/mol. The molecule has 0 bridgehead atoms. The lowest BCUT2D eigenvalue weighted by molar-refractivity contribution is -0.144. The minimum Gasteiger partial charge on any atom is -0.479 e. The number of aliphatic carboxylic acids is 1. The first kappa shape index (κ1) is 19.4. The summed E-state index contributed by atoms with van der Waals surface area (Å²) in [7, 11) is -2.63. The van der Waals surface area contributed by atoms with Crippen molar-refractivity contribution < 1.29 is 18.3 Å². The molecule has 0 saturated heterocycles. The number of nitrogens with zero attached hydrogens (tertiary/aromatic N) is 1. The van der Waals surface area contributed by atoms with Gasteiger partial charge in [0.1, 0.15) is 0 Å². The van der Waals surface area contributed by atoms with Crippen LogP contribution in [0.5, 0.6) is 0 Å². The van der Waals surface area contributed by atoms with Gasteiger partial charge in [-0.2, -0.15) is 12.8 Å². The van der Waals surface area contributed by atoms with Crippen LogP contribution in [0.4, 0.5) is 0 Å². The van der Waals surface area contributed by atoms with Gasteiger partial charge in [-0.1, -0.05) is 70.4 Å². The molecule has 23 heavy (non-hydrogen) atoms. The summed E-state index contributed by atoms with van der Waals surface area (Å²) in [6.07, 6.45) is 3.07. The molecule has 0 amide bonds. The van der Waals surface area contributed by atoms with Crippen molar-refractivity contribution in [1.29, 1.82) is 0 Å². The SMILES string of the molecule is CC(C)(C)c1ccccc1.O=C(O)C1(N=S(=O)=O)CCCCC1. The highest BCUT2D eigenvalue weighted by molar-refractivity contribution is 7.61. The summed E-state index contributed by atoms with van der Waals surface area (Å²) in [5, 5.41) is 8.87. The van der Waals surface area contributed by atoms with E-state index in [1.54, 1.807) is 0 Å². The van der Waals surface area contributed by atoms with Crippen molar-refractivity contribution in [3.05, 3.63) is 35.9 Å². The molecule has 1 aromatic rings. The van der Waals surface area contributed by atoms with Crippen LogP contribution < -0.4 is 0 Å². The predicted octanol–water partition coefficient (Wildman–Crippen LogP) is 3.82. The van der Waals surface area contributed by atoms with Gasteiger partial charge in [-0.25, -0.2) is 4.79 Å². The number of hydrogen-bond acceptors (Lipinski definition) is 4. The van der Waals surface area contributed by atoms with Crippen LogP contribution in [0, 0.1) is 0 Å². The zero-order valence-corrected chi connectivity index (χ0v) is 14.8. The zero-order chi connectivity index (χ0) is 17.5. The first-order chi connectivity index (χ1) is 10.7. The minimum atomic E-state index is -2.63.